The van der Waals surface area contributed by atoms with Gasteiger partial charge in [-0.15, -0.1) is 0 Å². The van der Waals surface area contributed by atoms with Crippen LogP contribution in [0.3, 0.4) is 0 Å². The number of aliphatic hydroxyl groups excluding tert-OH is 1. The third-order valence-corrected chi connectivity index (χ3v) is 4.24. The van der Waals surface area contributed by atoms with Crippen LogP contribution >= 0.6 is 0 Å². The van der Waals surface area contributed by atoms with Crippen LogP contribution in [0.1, 0.15) is 16.7 Å². The highest BCUT2D eigenvalue weighted by Gasteiger charge is 2.30. The molecule has 3 rings (SSSR count). The molecule has 0 radical (unpaired) electrons. The van der Waals surface area contributed by atoms with Gasteiger partial charge < -0.3 is 20.7 Å². The summed E-state index contributed by atoms with van der Waals surface area (Å²) < 4.78 is 51.0. The van der Waals surface area contributed by atoms with Crippen molar-refractivity contribution in [1.29, 1.82) is 5.41 Å². The first-order valence-corrected chi connectivity index (χ1v) is 8.31. The molecule has 0 unspecified atom stereocenters. The summed E-state index contributed by atoms with van der Waals surface area (Å²) in [5.74, 6) is 0.100. The van der Waals surface area contributed by atoms with Crippen LogP contribution in [0.5, 0.6) is 0 Å². The highest BCUT2D eigenvalue weighted by Crippen LogP contribution is 2.29. The molecule has 1 aromatic carbocycles. The number of benzene rings is 1. The number of rotatable bonds is 6. The van der Waals surface area contributed by atoms with E-state index in [1.54, 1.807) is 0 Å². The third-order valence-electron chi connectivity index (χ3n) is 4.24. The number of anilines is 2. The molecule has 0 spiro atoms. The van der Waals surface area contributed by atoms with E-state index in [1.165, 1.54) is 17.0 Å². The van der Waals surface area contributed by atoms with Gasteiger partial charge in [0.1, 0.15) is 17.6 Å². The lowest BCUT2D eigenvalue weighted by atomic mass is 10.1. The Hall–Kier alpha value is -2.95. The van der Waals surface area contributed by atoms with Gasteiger partial charge in [0.2, 0.25) is 5.95 Å². The van der Waals surface area contributed by atoms with Crippen LogP contribution in [0, 0.1) is 5.41 Å². The smallest absolute Gasteiger partial charge is 0.390 e. The molecule has 2 aromatic rings. The molecule has 0 aliphatic carbocycles. The molecule has 7 nitrogen and oxygen atoms in total. The fourth-order valence-corrected chi connectivity index (χ4v) is 2.69. The number of H-pyrrole nitrogens is 1. The van der Waals surface area contributed by atoms with Gasteiger partial charge in [0, 0.05) is 6.54 Å². The van der Waals surface area contributed by atoms with Crippen molar-refractivity contribution in [2.24, 2.45) is 0 Å². The van der Waals surface area contributed by atoms with Crippen molar-refractivity contribution in [3.05, 3.63) is 51.3 Å². The Morgan fingerprint density at radius 2 is 1.96 bits per heavy atom. The van der Waals surface area contributed by atoms with E-state index >= 15 is 0 Å². The monoisotopic (exact) mass is 399 g/mol. The molecule has 28 heavy (non-hydrogen) atoms. The topological polar surface area (TPSA) is 105 Å². The molecule has 2 heterocycles. The van der Waals surface area contributed by atoms with E-state index in [1.807, 2.05) is 0 Å². The van der Waals surface area contributed by atoms with Crippen molar-refractivity contribution in [2.45, 2.75) is 18.9 Å². The van der Waals surface area contributed by atoms with Crippen molar-refractivity contribution < 1.29 is 22.7 Å². The van der Waals surface area contributed by atoms with E-state index in [-0.39, 0.29) is 42.7 Å². The molecule has 1 aliphatic rings. The summed E-state index contributed by atoms with van der Waals surface area (Å²) in [7, 11) is 0. The fraction of sp³-hybridized carbons (Fsp3) is 0.353. The van der Waals surface area contributed by atoms with E-state index in [4.69, 9.17) is 5.41 Å². The van der Waals surface area contributed by atoms with E-state index in [0.717, 1.165) is 12.1 Å². The summed E-state index contributed by atoms with van der Waals surface area (Å²) in [5.41, 5.74) is -1.53. The number of alkyl halides is 4. The minimum atomic E-state index is -4.44. The zero-order chi connectivity index (χ0) is 20.5. The van der Waals surface area contributed by atoms with Gasteiger partial charge in [0.05, 0.1) is 31.0 Å². The van der Waals surface area contributed by atoms with Crippen LogP contribution in [0.15, 0.2) is 29.1 Å². The highest BCUT2D eigenvalue weighted by atomic mass is 19.4. The number of aliphatic hydroxyl groups is 1. The largest absolute Gasteiger partial charge is 0.416 e. The van der Waals surface area contributed by atoms with Gasteiger partial charge in [-0.2, -0.15) is 18.2 Å². The molecule has 0 saturated carbocycles. The number of nitrogens with zero attached hydrogens (tertiary/aromatic N) is 2. The van der Waals surface area contributed by atoms with E-state index in [0.29, 0.717) is 5.56 Å². The molecule has 0 bridgehead atoms. The van der Waals surface area contributed by atoms with Crippen LogP contribution in [0.2, 0.25) is 0 Å². The second kappa shape index (κ2) is 7.58. The molecule has 1 aromatic heterocycles. The maximum Gasteiger partial charge on any atom is 0.416 e. The van der Waals surface area contributed by atoms with Gasteiger partial charge in [-0.05, 0) is 17.7 Å². The van der Waals surface area contributed by atoms with Crippen molar-refractivity contribution >= 4 is 17.5 Å². The molecule has 11 heteroatoms. The Bertz CT molecular complexity index is 921. The van der Waals surface area contributed by atoms with E-state index in [9.17, 15) is 27.5 Å². The second-order valence-electron chi connectivity index (χ2n) is 6.30. The predicted molar refractivity (Wildman–Crippen MR) is 94.7 cm³/mol. The fourth-order valence-electron chi connectivity index (χ4n) is 2.69. The zero-order valence-electron chi connectivity index (χ0n) is 14.5. The summed E-state index contributed by atoms with van der Waals surface area (Å²) in [5, 5.41) is 19.8. The van der Waals surface area contributed by atoms with Crippen LogP contribution in [0.25, 0.3) is 0 Å². The summed E-state index contributed by atoms with van der Waals surface area (Å²) >= 11 is 0. The Labute approximate surface area is 156 Å². The van der Waals surface area contributed by atoms with E-state index in [2.05, 4.69) is 15.3 Å². The number of aromatic amines is 1. The Kier molecular flexibility index (Phi) is 5.36. The summed E-state index contributed by atoms with van der Waals surface area (Å²) in [6, 6.07) is 4.44. The SMILES string of the molecule is N=C(CO)c1c(NCc2ccc(C(F)(F)F)cc2)nc(N2CC(F)C2)[nH]c1=O. The molecule has 0 atom stereocenters. The first-order valence-electron chi connectivity index (χ1n) is 8.31. The van der Waals surface area contributed by atoms with E-state index < -0.39 is 30.1 Å². The normalized spacial score (nSPS) is 14.7. The van der Waals surface area contributed by atoms with Gasteiger partial charge in [-0.1, -0.05) is 12.1 Å². The molecular weight excluding hydrogens is 382 g/mol. The quantitative estimate of drug-likeness (QED) is 0.439. The van der Waals surface area contributed by atoms with Crippen molar-refractivity contribution in [3.8, 4) is 0 Å². The van der Waals surface area contributed by atoms with Crippen LogP contribution in [-0.2, 0) is 12.7 Å². The Morgan fingerprint density at radius 3 is 2.50 bits per heavy atom. The molecule has 1 aliphatic heterocycles. The van der Waals surface area contributed by atoms with Crippen LogP contribution < -0.4 is 15.8 Å². The minimum Gasteiger partial charge on any atom is -0.390 e. The lowest BCUT2D eigenvalue weighted by Gasteiger charge is -2.34. The average molecular weight is 399 g/mol. The van der Waals surface area contributed by atoms with Gasteiger partial charge in [0.25, 0.3) is 5.56 Å². The highest BCUT2D eigenvalue weighted by molar-refractivity contribution is 6.02. The summed E-state index contributed by atoms with van der Waals surface area (Å²) in [6.07, 6.45) is -5.46. The summed E-state index contributed by atoms with van der Waals surface area (Å²) in [6.45, 7) is -0.531. The minimum absolute atomic E-state index is 0.0139. The molecule has 150 valence electrons. The number of nitrogens with one attached hydrogen (secondary N) is 3. The average Bonchev–Trinajstić information content (AvgIpc) is 2.62. The number of hydrogen-bond acceptors (Lipinski definition) is 6. The maximum atomic E-state index is 13.1. The zero-order valence-corrected chi connectivity index (χ0v) is 14.5. The number of hydrogen-bond donors (Lipinski definition) is 4. The van der Waals surface area contributed by atoms with Gasteiger partial charge in [0.15, 0.2) is 0 Å². The maximum absolute atomic E-state index is 13.1. The second-order valence-corrected chi connectivity index (χ2v) is 6.30. The lowest BCUT2D eigenvalue weighted by Crippen LogP contribution is -2.50. The van der Waals surface area contributed by atoms with Gasteiger partial charge in [-0.3, -0.25) is 9.78 Å². The predicted octanol–water partition coefficient (Wildman–Crippen LogP) is 1.92. The van der Waals surface area contributed by atoms with Crippen molar-refractivity contribution in [2.75, 3.05) is 29.9 Å². The molecule has 1 fully saturated rings. The Balaban J connectivity index is 1.84. The molecule has 0 amide bonds. The number of aromatic nitrogens is 2. The van der Waals surface area contributed by atoms with Crippen molar-refractivity contribution in [3.63, 3.8) is 0 Å². The Morgan fingerprint density at radius 1 is 1.32 bits per heavy atom. The lowest BCUT2D eigenvalue weighted by molar-refractivity contribution is -0.137. The van der Waals surface area contributed by atoms with Crippen LogP contribution in [0.4, 0.5) is 29.3 Å². The van der Waals surface area contributed by atoms with Gasteiger partial charge in [-0.25, -0.2) is 4.39 Å². The van der Waals surface area contributed by atoms with Crippen molar-refractivity contribution in [1.82, 2.24) is 9.97 Å². The standard InChI is InChI=1S/C17H17F4N5O2/c18-11-6-26(7-11)16-24-14(13(12(22)8-27)15(28)25-16)23-5-9-1-3-10(4-2-9)17(19,20)21/h1-4,11,22,27H,5-8H2,(H2,23,24,25,28). The molecule has 1 saturated heterocycles. The molecular formula is C17H17F4N5O2. The third kappa shape index (κ3) is 4.14. The van der Waals surface area contributed by atoms with Crippen LogP contribution in [-0.4, -0.2) is 46.7 Å². The number of halogens is 4. The summed E-state index contributed by atoms with van der Waals surface area (Å²) in [4.78, 5) is 20.5. The first kappa shape index (κ1) is 19.8. The molecule has 4 N–H and O–H groups in total. The van der Waals surface area contributed by atoms with Gasteiger partial charge >= 0.3 is 6.18 Å². The first-order chi connectivity index (χ1) is 13.2.